The SMILES string of the molecule is CC(C)(OCC(O)CCl)OB(OC(C)(C)OCC(O)CCl)OC(C)(C)OCC(O)CCl. The van der Waals surface area contributed by atoms with Gasteiger partial charge in [0.1, 0.15) is 0 Å². The zero-order chi connectivity index (χ0) is 24.3. The Morgan fingerprint density at radius 3 is 1.00 bits per heavy atom. The van der Waals surface area contributed by atoms with E-state index in [4.69, 9.17) is 63.0 Å². The van der Waals surface area contributed by atoms with E-state index >= 15 is 0 Å². The molecule has 0 saturated heterocycles. The minimum absolute atomic E-state index is 0.0000461. The van der Waals surface area contributed by atoms with Crippen LogP contribution in [-0.4, -0.2) is 95.8 Å². The molecular formula is C18H36BCl3O9. The van der Waals surface area contributed by atoms with Crippen molar-refractivity contribution in [2.24, 2.45) is 0 Å². The summed E-state index contributed by atoms with van der Waals surface area (Å²) in [7, 11) is -1.37. The molecule has 0 spiro atoms. The standard InChI is InChI=1S/C18H36BCl3O9/c1-16(2,26-10-13(23)7-20)29-19(30-17(3,4)27-11-14(24)8-21)31-18(5,6)28-12-15(25)9-22/h13-15,23-25H,7-12H2,1-6H3. The molecule has 0 radical (unpaired) electrons. The van der Waals surface area contributed by atoms with Gasteiger partial charge in [-0.2, -0.15) is 0 Å². The number of hydrogen-bond acceptors (Lipinski definition) is 9. The van der Waals surface area contributed by atoms with Crippen LogP contribution in [0.1, 0.15) is 41.5 Å². The van der Waals surface area contributed by atoms with E-state index in [9.17, 15) is 15.3 Å². The van der Waals surface area contributed by atoms with Crippen LogP contribution in [0.3, 0.4) is 0 Å². The van der Waals surface area contributed by atoms with Gasteiger partial charge in [-0.15, -0.1) is 34.8 Å². The van der Waals surface area contributed by atoms with E-state index < -0.39 is 43.0 Å². The van der Waals surface area contributed by atoms with Crippen molar-refractivity contribution in [3.05, 3.63) is 0 Å². The van der Waals surface area contributed by atoms with Gasteiger partial charge < -0.3 is 43.5 Å². The zero-order valence-electron chi connectivity index (χ0n) is 19.0. The predicted octanol–water partition coefficient (Wildman–Crippen LogP) is 2.08. The van der Waals surface area contributed by atoms with Crippen LogP contribution < -0.4 is 0 Å². The maximum absolute atomic E-state index is 9.64. The van der Waals surface area contributed by atoms with E-state index in [2.05, 4.69) is 0 Å². The molecule has 0 amide bonds. The molecular weight excluding hydrogens is 477 g/mol. The summed E-state index contributed by atoms with van der Waals surface area (Å²) >= 11 is 16.8. The Bertz CT molecular complexity index is 420. The lowest BCUT2D eigenvalue weighted by atomic mass is 10.1. The summed E-state index contributed by atoms with van der Waals surface area (Å²) in [5.74, 6) is -3.76. The lowest BCUT2D eigenvalue weighted by Gasteiger charge is -2.37. The molecule has 0 rings (SSSR count). The molecule has 3 atom stereocenters. The van der Waals surface area contributed by atoms with E-state index in [1.807, 2.05) is 0 Å². The Morgan fingerprint density at radius 2 is 0.806 bits per heavy atom. The Hall–Kier alpha value is 0.575. The van der Waals surface area contributed by atoms with E-state index in [1.165, 1.54) is 0 Å². The van der Waals surface area contributed by atoms with Crippen molar-refractivity contribution in [2.75, 3.05) is 37.5 Å². The third-order valence-corrected chi connectivity index (χ3v) is 4.61. The summed E-state index contributed by atoms with van der Waals surface area (Å²) in [6.07, 6.45) is -2.63. The third kappa shape index (κ3) is 15.9. The van der Waals surface area contributed by atoms with Gasteiger partial charge in [-0.05, 0) is 41.5 Å². The van der Waals surface area contributed by atoms with Gasteiger partial charge in [-0.3, -0.25) is 0 Å². The average Bonchev–Trinajstić information content (AvgIpc) is 2.67. The summed E-state index contributed by atoms with van der Waals surface area (Å²) < 4.78 is 34.1. The summed E-state index contributed by atoms with van der Waals surface area (Å²) in [5, 5.41) is 28.9. The molecule has 0 aromatic heterocycles. The van der Waals surface area contributed by atoms with Crippen LogP contribution in [0.5, 0.6) is 0 Å². The van der Waals surface area contributed by atoms with Gasteiger partial charge >= 0.3 is 7.32 Å². The van der Waals surface area contributed by atoms with Crippen LogP contribution in [0.2, 0.25) is 0 Å². The first kappa shape index (κ1) is 31.6. The molecule has 0 heterocycles. The normalized spacial score (nSPS) is 16.3. The van der Waals surface area contributed by atoms with Crippen molar-refractivity contribution in [3.8, 4) is 0 Å². The quantitative estimate of drug-likeness (QED) is 0.144. The molecule has 0 aromatic carbocycles. The predicted molar refractivity (Wildman–Crippen MR) is 119 cm³/mol. The van der Waals surface area contributed by atoms with Gasteiger partial charge in [0.25, 0.3) is 0 Å². The van der Waals surface area contributed by atoms with Gasteiger partial charge in [0.2, 0.25) is 0 Å². The van der Waals surface area contributed by atoms with Gasteiger partial charge in [-0.25, -0.2) is 0 Å². The van der Waals surface area contributed by atoms with Crippen molar-refractivity contribution < 1.29 is 43.5 Å². The summed E-state index contributed by atoms with van der Waals surface area (Å²) in [6, 6.07) is 0. The Kier molecular flexibility index (Phi) is 15.0. The second kappa shape index (κ2) is 14.8. The number of ether oxygens (including phenoxy) is 3. The van der Waals surface area contributed by atoms with Crippen LogP contribution in [-0.2, 0) is 28.2 Å². The summed E-state index contributed by atoms with van der Waals surface area (Å²) in [5.41, 5.74) is 0. The van der Waals surface area contributed by atoms with E-state index in [0.29, 0.717) is 0 Å². The molecule has 0 bridgehead atoms. The fraction of sp³-hybridized carbons (Fsp3) is 1.00. The molecule has 3 unspecified atom stereocenters. The van der Waals surface area contributed by atoms with Crippen LogP contribution >= 0.6 is 34.8 Å². The minimum atomic E-state index is -1.37. The summed E-state index contributed by atoms with van der Waals surface area (Å²) in [6.45, 7) is 9.38. The molecule has 0 fully saturated rings. The maximum atomic E-state index is 9.64. The highest BCUT2D eigenvalue weighted by Crippen LogP contribution is 2.24. The highest BCUT2D eigenvalue weighted by atomic mass is 35.5. The van der Waals surface area contributed by atoms with Crippen molar-refractivity contribution >= 4 is 42.1 Å². The molecule has 9 nitrogen and oxygen atoms in total. The van der Waals surface area contributed by atoms with Crippen molar-refractivity contribution in [3.63, 3.8) is 0 Å². The second-order valence-corrected chi connectivity index (χ2v) is 9.12. The topological polar surface area (TPSA) is 116 Å². The first-order chi connectivity index (χ1) is 14.1. The van der Waals surface area contributed by atoms with Gasteiger partial charge in [-0.1, -0.05) is 0 Å². The fourth-order valence-electron chi connectivity index (χ4n) is 1.89. The second-order valence-electron chi connectivity index (χ2n) is 8.20. The number of halogens is 3. The molecule has 0 aliphatic carbocycles. The molecule has 0 aliphatic rings. The number of alkyl halides is 3. The first-order valence-electron chi connectivity index (χ1n) is 9.82. The molecule has 0 aromatic rings. The smallest absolute Gasteiger partial charge is 0.389 e. The first-order valence-corrected chi connectivity index (χ1v) is 11.4. The zero-order valence-corrected chi connectivity index (χ0v) is 21.2. The highest BCUT2D eigenvalue weighted by Gasteiger charge is 2.42. The highest BCUT2D eigenvalue weighted by molar-refractivity contribution is 6.36. The van der Waals surface area contributed by atoms with Crippen LogP contribution in [0.4, 0.5) is 0 Å². The van der Waals surface area contributed by atoms with Crippen LogP contribution in [0.15, 0.2) is 0 Å². The number of aliphatic hydroxyl groups is 3. The molecule has 3 N–H and O–H groups in total. The van der Waals surface area contributed by atoms with Gasteiger partial charge in [0.15, 0.2) is 17.4 Å². The van der Waals surface area contributed by atoms with Gasteiger partial charge in [0.05, 0.1) is 55.8 Å². The number of rotatable bonds is 18. The van der Waals surface area contributed by atoms with Gasteiger partial charge in [0, 0.05) is 0 Å². The Labute approximate surface area is 200 Å². The third-order valence-electron chi connectivity index (χ3n) is 3.54. The van der Waals surface area contributed by atoms with E-state index in [-0.39, 0.29) is 37.5 Å². The lowest BCUT2D eigenvalue weighted by molar-refractivity contribution is -0.254. The molecule has 0 saturated carbocycles. The molecule has 0 aliphatic heterocycles. The Balaban J connectivity index is 5.26. The minimum Gasteiger partial charge on any atom is -0.389 e. The average molecular weight is 514 g/mol. The van der Waals surface area contributed by atoms with E-state index in [1.54, 1.807) is 41.5 Å². The maximum Gasteiger partial charge on any atom is 0.645 e. The number of hydrogen-bond donors (Lipinski definition) is 3. The fourth-order valence-corrected chi connectivity index (χ4v) is 2.16. The Morgan fingerprint density at radius 1 is 0.581 bits per heavy atom. The molecule has 13 heteroatoms. The van der Waals surface area contributed by atoms with Crippen LogP contribution in [0.25, 0.3) is 0 Å². The van der Waals surface area contributed by atoms with Crippen molar-refractivity contribution in [1.29, 1.82) is 0 Å². The largest absolute Gasteiger partial charge is 0.645 e. The number of aliphatic hydroxyl groups excluding tert-OH is 3. The van der Waals surface area contributed by atoms with E-state index in [0.717, 1.165) is 0 Å². The van der Waals surface area contributed by atoms with Crippen molar-refractivity contribution in [2.45, 2.75) is 77.2 Å². The summed E-state index contributed by atoms with van der Waals surface area (Å²) in [4.78, 5) is 0. The molecule has 186 valence electrons. The monoisotopic (exact) mass is 512 g/mol. The van der Waals surface area contributed by atoms with Crippen LogP contribution in [0, 0.1) is 0 Å². The lowest BCUT2D eigenvalue weighted by Crippen LogP contribution is -2.50. The molecule has 31 heavy (non-hydrogen) atoms. The van der Waals surface area contributed by atoms with Crippen molar-refractivity contribution in [1.82, 2.24) is 0 Å².